The molecule has 0 saturated carbocycles. The van der Waals surface area contributed by atoms with E-state index in [0.717, 1.165) is 22.3 Å². The zero-order chi connectivity index (χ0) is 15.3. The maximum atomic E-state index is 5.99. The molecule has 0 radical (unpaired) electrons. The largest absolute Gasteiger partial charge is 0.492 e. The van der Waals surface area contributed by atoms with Crippen molar-refractivity contribution in [1.82, 2.24) is 4.90 Å². The summed E-state index contributed by atoms with van der Waals surface area (Å²) < 4.78 is 6.97. The minimum Gasteiger partial charge on any atom is -0.492 e. The quantitative estimate of drug-likeness (QED) is 0.814. The Kier molecular flexibility index (Phi) is 7.00. The lowest BCUT2D eigenvalue weighted by Crippen LogP contribution is -2.39. The molecular formula is C16H27BrN2O. The average Bonchev–Trinajstić information content (AvgIpc) is 2.33. The first-order valence-electron chi connectivity index (χ1n) is 7.26. The second-order valence-corrected chi connectivity index (χ2v) is 6.66. The topological polar surface area (TPSA) is 38.5 Å². The van der Waals surface area contributed by atoms with E-state index in [4.69, 9.17) is 10.5 Å². The predicted molar refractivity (Wildman–Crippen MR) is 89.2 cm³/mol. The Bertz CT molecular complexity index is 411. The summed E-state index contributed by atoms with van der Waals surface area (Å²) in [5, 5.41) is 0. The standard InChI is InChI=1S/C16H27BrN2O/c1-11(2)19(12(3)4)8-9-20-16-10-14(17)6-7-15(16)13(5)18/h6-7,10-13H,8-9,18H2,1-5H3. The van der Waals surface area contributed by atoms with Gasteiger partial charge in [0.05, 0.1) is 0 Å². The number of rotatable bonds is 7. The van der Waals surface area contributed by atoms with E-state index >= 15 is 0 Å². The van der Waals surface area contributed by atoms with Gasteiger partial charge in [-0.05, 0) is 46.8 Å². The first-order valence-corrected chi connectivity index (χ1v) is 8.05. The van der Waals surface area contributed by atoms with Crippen LogP contribution in [0.15, 0.2) is 22.7 Å². The number of hydrogen-bond donors (Lipinski definition) is 1. The highest BCUT2D eigenvalue weighted by atomic mass is 79.9. The van der Waals surface area contributed by atoms with E-state index < -0.39 is 0 Å². The number of nitrogens with zero attached hydrogens (tertiary/aromatic N) is 1. The first-order chi connectivity index (χ1) is 9.32. The van der Waals surface area contributed by atoms with E-state index in [9.17, 15) is 0 Å². The fourth-order valence-electron chi connectivity index (χ4n) is 2.38. The summed E-state index contributed by atoms with van der Waals surface area (Å²) in [4.78, 5) is 2.42. The van der Waals surface area contributed by atoms with Crippen LogP contribution in [0.2, 0.25) is 0 Å². The molecule has 2 N–H and O–H groups in total. The van der Waals surface area contributed by atoms with Crippen molar-refractivity contribution in [2.45, 2.75) is 52.7 Å². The Morgan fingerprint density at radius 3 is 2.25 bits per heavy atom. The van der Waals surface area contributed by atoms with Crippen molar-refractivity contribution in [3.05, 3.63) is 28.2 Å². The average molecular weight is 343 g/mol. The van der Waals surface area contributed by atoms with Crippen molar-refractivity contribution in [3.63, 3.8) is 0 Å². The number of hydrogen-bond acceptors (Lipinski definition) is 3. The lowest BCUT2D eigenvalue weighted by molar-refractivity contribution is 0.141. The Morgan fingerprint density at radius 1 is 1.15 bits per heavy atom. The van der Waals surface area contributed by atoms with E-state index in [1.165, 1.54) is 0 Å². The van der Waals surface area contributed by atoms with Crippen LogP contribution in [0.5, 0.6) is 5.75 Å². The molecule has 0 heterocycles. The lowest BCUT2D eigenvalue weighted by atomic mass is 10.1. The minimum absolute atomic E-state index is 0.0237. The number of ether oxygens (including phenoxy) is 1. The van der Waals surface area contributed by atoms with Gasteiger partial charge in [-0.3, -0.25) is 4.90 Å². The normalized spacial score (nSPS) is 13.3. The molecule has 4 heteroatoms. The molecule has 0 saturated heterocycles. The first kappa shape index (κ1) is 17.5. The molecular weight excluding hydrogens is 316 g/mol. The Balaban J connectivity index is 2.67. The Labute approximate surface area is 131 Å². The molecule has 20 heavy (non-hydrogen) atoms. The van der Waals surface area contributed by atoms with Crippen molar-refractivity contribution >= 4 is 15.9 Å². The number of halogens is 1. The van der Waals surface area contributed by atoms with Crippen molar-refractivity contribution in [1.29, 1.82) is 0 Å². The predicted octanol–water partition coefficient (Wildman–Crippen LogP) is 3.97. The zero-order valence-electron chi connectivity index (χ0n) is 13.2. The van der Waals surface area contributed by atoms with Gasteiger partial charge in [0.25, 0.3) is 0 Å². The van der Waals surface area contributed by atoms with Crippen LogP contribution >= 0.6 is 15.9 Å². The summed E-state index contributed by atoms with van der Waals surface area (Å²) in [6, 6.07) is 7.04. The molecule has 0 aliphatic carbocycles. The highest BCUT2D eigenvalue weighted by molar-refractivity contribution is 9.10. The Hall–Kier alpha value is -0.580. The maximum absolute atomic E-state index is 5.99. The summed E-state index contributed by atoms with van der Waals surface area (Å²) in [5.41, 5.74) is 7.04. The van der Waals surface area contributed by atoms with Gasteiger partial charge in [-0.15, -0.1) is 0 Å². The van der Waals surface area contributed by atoms with Crippen LogP contribution in [-0.4, -0.2) is 30.1 Å². The molecule has 1 atom stereocenters. The van der Waals surface area contributed by atoms with Gasteiger partial charge in [-0.25, -0.2) is 0 Å². The molecule has 1 unspecified atom stereocenters. The number of benzene rings is 1. The molecule has 1 aromatic carbocycles. The SMILES string of the molecule is CC(N)c1ccc(Br)cc1OCCN(C(C)C)C(C)C. The van der Waals surface area contributed by atoms with E-state index in [1.807, 2.05) is 25.1 Å². The summed E-state index contributed by atoms with van der Waals surface area (Å²) >= 11 is 3.48. The maximum Gasteiger partial charge on any atom is 0.125 e. The summed E-state index contributed by atoms with van der Waals surface area (Å²) in [7, 11) is 0. The van der Waals surface area contributed by atoms with Crippen molar-refractivity contribution in [2.75, 3.05) is 13.2 Å². The van der Waals surface area contributed by atoms with E-state index in [-0.39, 0.29) is 6.04 Å². The third kappa shape index (κ3) is 5.08. The van der Waals surface area contributed by atoms with E-state index in [0.29, 0.717) is 18.7 Å². The molecule has 1 aromatic rings. The van der Waals surface area contributed by atoms with Crippen LogP contribution in [0.3, 0.4) is 0 Å². The van der Waals surface area contributed by atoms with E-state index in [2.05, 4.69) is 48.5 Å². The second kappa shape index (κ2) is 8.01. The van der Waals surface area contributed by atoms with Crippen LogP contribution in [0.1, 0.15) is 46.2 Å². The number of nitrogens with two attached hydrogens (primary N) is 1. The fourth-order valence-corrected chi connectivity index (χ4v) is 2.72. The third-order valence-corrected chi connectivity index (χ3v) is 3.89. The molecule has 3 nitrogen and oxygen atoms in total. The monoisotopic (exact) mass is 342 g/mol. The summed E-state index contributed by atoms with van der Waals surface area (Å²) in [6.45, 7) is 12.4. The van der Waals surface area contributed by atoms with Gasteiger partial charge in [-0.1, -0.05) is 22.0 Å². The lowest BCUT2D eigenvalue weighted by Gasteiger charge is -2.30. The van der Waals surface area contributed by atoms with Crippen LogP contribution < -0.4 is 10.5 Å². The van der Waals surface area contributed by atoms with Gasteiger partial charge in [0.2, 0.25) is 0 Å². The van der Waals surface area contributed by atoms with E-state index in [1.54, 1.807) is 0 Å². The second-order valence-electron chi connectivity index (χ2n) is 5.74. The van der Waals surface area contributed by atoms with Gasteiger partial charge in [0, 0.05) is 34.7 Å². The van der Waals surface area contributed by atoms with Crippen LogP contribution in [0, 0.1) is 0 Å². The molecule has 0 spiro atoms. The van der Waals surface area contributed by atoms with Crippen molar-refractivity contribution in [2.24, 2.45) is 5.73 Å². The third-order valence-electron chi connectivity index (χ3n) is 3.40. The molecule has 0 aliphatic rings. The van der Waals surface area contributed by atoms with Crippen LogP contribution in [-0.2, 0) is 0 Å². The minimum atomic E-state index is -0.0237. The highest BCUT2D eigenvalue weighted by Gasteiger charge is 2.14. The van der Waals surface area contributed by atoms with Gasteiger partial charge in [0.1, 0.15) is 12.4 Å². The zero-order valence-corrected chi connectivity index (χ0v) is 14.8. The van der Waals surface area contributed by atoms with Crippen molar-refractivity contribution in [3.8, 4) is 5.75 Å². The van der Waals surface area contributed by atoms with Gasteiger partial charge < -0.3 is 10.5 Å². The van der Waals surface area contributed by atoms with Gasteiger partial charge in [-0.2, -0.15) is 0 Å². The molecule has 0 bridgehead atoms. The molecule has 1 rings (SSSR count). The molecule has 0 aliphatic heterocycles. The summed E-state index contributed by atoms with van der Waals surface area (Å²) in [5.74, 6) is 0.877. The highest BCUT2D eigenvalue weighted by Crippen LogP contribution is 2.27. The smallest absolute Gasteiger partial charge is 0.125 e. The molecule has 0 fully saturated rings. The molecule has 0 amide bonds. The molecule has 0 aromatic heterocycles. The summed E-state index contributed by atoms with van der Waals surface area (Å²) in [6.07, 6.45) is 0. The van der Waals surface area contributed by atoms with Crippen LogP contribution in [0.4, 0.5) is 0 Å². The Morgan fingerprint density at radius 2 is 1.75 bits per heavy atom. The fraction of sp³-hybridized carbons (Fsp3) is 0.625. The van der Waals surface area contributed by atoms with Gasteiger partial charge in [0.15, 0.2) is 0 Å². The van der Waals surface area contributed by atoms with Crippen LogP contribution in [0.25, 0.3) is 0 Å². The van der Waals surface area contributed by atoms with Gasteiger partial charge >= 0.3 is 0 Å². The molecule has 114 valence electrons. The van der Waals surface area contributed by atoms with Crippen molar-refractivity contribution < 1.29 is 4.74 Å².